The van der Waals surface area contributed by atoms with E-state index >= 15 is 0 Å². The molecule has 0 aromatic heterocycles. The highest BCUT2D eigenvalue weighted by Crippen LogP contribution is 2.02. The van der Waals surface area contributed by atoms with Gasteiger partial charge in [0.05, 0.1) is 12.1 Å². The number of aliphatic hydroxyl groups excluding tert-OH is 1. The van der Waals surface area contributed by atoms with E-state index in [2.05, 4.69) is 10.6 Å². The molecule has 0 unspecified atom stereocenters. The number of nitrogens with one attached hydrogen (secondary N) is 2. The number of carbonyl (C=O) groups is 5. The minimum absolute atomic E-state index is 0.0638. The van der Waals surface area contributed by atoms with Crippen LogP contribution in [0.2, 0.25) is 0 Å². The minimum atomic E-state index is -1.49. The molecule has 0 aliphatic rings. The van der Waals surface area contributed by atoms with Crippen LogP contribution in [0.15, 0.2) is 0 Å². The van der Waals surface area contributed by atoms with Gasteiger partial charge < -0.3 is 38.0 Å². The van der Waals surface area contributed by atoms with Gasteiger partial charge in [-0.05, 0) is 19.8 Å². The maximum Gasteiger partial charge on any atom is 0.326 e. The average molecular weight is 375 g/mol. The van der Waals surface area contributed by atoms with Crippen LogP contribution in [0.4, 0.5) is 0 Å². The van der Waals surface area contributed by atoms with E-state index in [1.807, 2.05) is 0 Å². The summed E-state index contributed by atoms with van der Waals surface area (Å²) in [5.74, 6) is -4.61. The molecule has 0 saturated carbocycles. The highest BCUT2D eigenvalue weighted by atomic mass is 16.4. The van der Waals surface area contributed by atoms with E-state index in [1.54, 1.807) is 0 Å². The summed E-state index contributed by atoms with van der Waals surface area (Å²) in [6.07, 6.45) is -2.11. The van der Waals surface area contributed by atoms with Gasteiger partial charge in [-0.15, -0.1) is 0 Å². The van der Waals surface area contributed by atoms with E-state index in [1.165, 1.54) is 6.92 Å². The topological polar surface area (TPSA) is 228 Å². The normalized spacial score (nSPS) is 15.2. The molecule has 0 aliphatic heterocycles. The zero-order chi connectivity index (χ0) is 20.4. The summed E-state index contributed by atoms with van der Waals surface area (Å²) in [5.41, 5.74) is 15.5. The van der Waals surface area contributed by atoms with E-state index < -0.39 is 53.8 Å². The Morgan fingerprint density at radius 1 is 0.923 bits per heavy atom. The summed E-state index contributed by atoms with van der Waals surface area (Å²) >= 11 is 0. The number of amides is 4. The zero-order valence-corrected chi connectivity index (χ0v) is 14.3. The van der Waals surface area contributed by atoms with Crippen molar-refractivity contribution in [3.8, 4) is 0 Å². The van der Waals surface area contributed by atoms with Crippen LogP contribution in [-0.4, -0.2) is 64.0 Å². The van der Waals surface area contributed by atoms with Gasteiger partial charge in [-0.25, -0.2) is 4.79 Å². The lowest BCUT2D eigenvalue weighted by atomic mass is 10.1. The monoisotopic (exact) mass is 375 g/mol. The van der Waals surface area contributed by atoms with E-state index in [4.69, 9.17) is 22.3 Å². The van der Waals surface area contributed by atoms with Gasteiger partial charge in [0.2, 0.25) is 23.6 Å². The van der Waals surface area contributed by atoms with E-state index in [-0.39, 0.29) is 25.7 Å². The molecule has 0 radical (unpaired) electrons. The Hall–Kier alpha value is -2.73. The lowest BCUT2D eigenvalue weighted by molar-refractivity contribution is -0.143. The van der Waals surface area contributed by atoms with Crippen LogP contribution in [0.25, 0.3) is 0 Å². The SMILES string of the molecule is C[C@@H](O)[C@H](NC(=O)[C@@H](N)CCC(N)=O)C(=O)N[C@@H](CCC(N)=O)C(=O)O. The van der Waals surface area contributed by atoms with Crippen molar-refractivity contribution in [2.24, 2.45) is 17.2 Å². The third kappa shape index (κ3) is 8.94. The zero-order valence-electron chi connectivity index (χ0n) is 14.3. The third-order valence-electron chi connectivity index (χ3n) is 3.40. The first kappa shape index (κ1) is 23.3. The molecule has 12 nitrogen and oxygen atoms in total. The van der Waals surface area contributed by atoms with Crippen LogP contribution in [0, 0.1) is 0 Å². The fourth-order valence-corrected chi connectivity index (χ4v) is 1.90. The van der Waals surface area contributed by atoms with Crippen LogP contribution >= 0.6 is 0 Å². The number of primary amides is 2. The van der Waals surface area contributed by atoms with Crippen molar-refractivity contribution in [2.75, 3.05) is 0 Å². The lowest BCUT2D eigenvalue weighted by Gasteiger charge is -2.24. The molecule has 148 valence electrons. The summed E-state index contributed by atoms with van der Waals surface area (Å²) in [6.45, 7) is 1.21. The molecule has 0 aromatic carbocycles. The molecular formula is C14H25N5O7. The smallest absolute Gasteiger partial charge is 0.326 e. The summed E-state index contributed by atoms with van der Waals surface area (Å²) in [5, 5.41) is 23.1. The molecule has 4 atom stereocenters. The molecule has 0 fully saturated rings. The minimum Gasteiger partial charge on any atom is -0.480 e. The average Bonchev–Trinajstić information content (AvgIpc) is 2.52. The van der Waals surface area contributed by atoms with Crippen LogP contribution in [0.3, 0.4) is 0 Å². The molecule has 0 rings (SSSR count). The molecule has 0 heterocycles. The van der Waals surface area contributed by atoms with Crippen molar-refractivity contribution in [2.45, 2.75) is 56.8 Å². The number of carbonyl (C=O) groups excluding carboxylic acids is 4. The van der Waals surface area contributed by atoms with Crippen LogP contribution < -0.4 is 27.8 Å². The van der Waals surface area contributed by atoms with Gasteiger partial charge in [-0.1, -0.05) is 0 Å². The Labute approximate surface area is 149 Å². The number of carboxylic acids is 1. The van der Waals surface area contributed by atoms with E-state index in [0.717, 1.165) is 0 Å². The number of rotatable bonds is 12. The Morgan fingerprint density at radius 2 is 1.42 bits per heavy atom. The van der Waals surface area contributed by atoms with Gasteiger partial charge in [0.1, 0.15) is 12.1 Å². The Balaban J connectivity index is 4.92. The van der Waals surface area contributed by atoms with Crippen molar-refractivity contribution in [1.29, 1.82) is 0 Å². The van der Waals surface area contributed by atoms with Crippen LogP contribution in [0.1, 0.15) is 32.6 Å². The molecule has 26 heavy (non-hydrogen) atoms. The van der Waals surface area contributed by atoms with Gasteiger partial charge in [0.15, 0.2) is 0 Å². The second kappa shape index (κ2) is 11.0. The second-order valence-electron chi connectivity index (χ2n) is 5.74. The van der Waals surface area contributed by atoms with Crippen molar-refractivity contribution in [3.63, 3.8) is 0 Å². The summed E-state index contributed by atoms with van der Waals surface area (Å²) in [6, 6.07) is -4.07. The van der Waals surface area contributed by atoms with Gasteiger partial charge in [0.25, 0.3) is 0 Å². The number of aliphatic hydroxyl groups is 1. The molecule has 0 spiro atoms. The van der Waals surface area contributed by atoms with Gasteiger partial charge in [0, 0.05) is 12.8 Å². The maximum absolute atomic E-state index is 12.2. The molecule has 10 N–H and O–H groups in total. The number of carboxylic acid groups (broad SMARTS) is 1. The van der Waals surface area contributed by atoms with Crippen LogP contribution in [0.5, 0.6) is 0 Å². The highest BCUT2D eigenvalue weighted by molar-refractivity contribution is 5.92. The van der Waals surface area contributed by atoms with Gasteiger partial charge in [-0.2, -0.15) is 0 Å². The molecule has 4 amide bonds. The predicted molar refractivity (Wildman–Crippen MR) is 88.0 cm³/mol. The Kier molecular flexibility index (Phi) is 9.84. The Morgan fingerprint density at radius 3 is 1.85 bits per heavy atom. The summed E-state index contributed by atoms with van der Waals surface area (Å²) in [4.78, 5) is 56.7. The maximum atomic E-state index is 12.2. The van der Waals surface area contributed by atoms with E-state index in [9.17, 15) is 29.1 Å². The fraction of sp³-hybridized carbons (Fsp3) is 0.643. The Bertz CT molecular complexity index is 552. The second-order valence-corrected chi connectivity index (χ2v) is 5.74. The standard InChI is InChI=1S/C14H25N5O7/c1-6(20)11(19-12(23)7(15)2-4-9(16)21)13(24)18-8(14(25)26)3-5-10(17)22/h6-8,11,20H,2-5,15H2,1H3,(H2,16,21)(H2,17,22)(H,18,24)(H,19,23)(H,25,26)/t6-,7+,8+,11+/m1/s1. The molecular weight excluding hydrogens is 350 g/mol. The quantitative estimate of drug-likeness (QED) is 0.179. The lowest BCUT2D eigenvalue weighted by Crippen LogP contribution is -2.58. The van der Waals surface area contributed by atoms with Gasteiger partial charge in [-0.3, -0.25) is 19.2 Å². The summed E-state index contributed by atoms with van der Waals surface area (Å²) in [7, 11) is 0. The van der Waals surface area contributed by atoms with Crippen molar-refractivity contribution in [3.05, 3.63) is 0 Å². The first-order chi connectivity index (χ1) is 12.0. The van der Waals surface area contributed by atoms with Crippen molar-refractivity contribution < 1.29 is 34.2 Å². The first-order valence-electron chi connectivity index (χ1n) is 7.79. The number of nitrogens with two attached hydrogens (primary N) is 3. The van der Waals surface area contributed by atoms with Crippen LogP contribution in [-0.2, 0) is 24.0 Å². The van der Waals surface area contributed by atoms with Gasteiger partial charge >= 0.3 is 5.97 Å². The molecule has 0 aliphatic carbocycles. The van der Waals surface area contributed by atoms with Crippen molar-refractivity contribution >= 4 is 29.6 Å². The molecule has 0 bridgehead atoms. The first-order valence-corrected chi connectivity index (χ1v) is 7.79. The summed E-state index contributed by atoms with van der Waals surface area (Å²) < 4.78 is 0. The number of aliphatic carboxylic acids is 1. The van der Waals surface area contributed by atoms with E-state index in [0.29, 0.717) is 0 Å². The highest BCUT2D eigenvalue weighted by Gasteiger charge is 2.31. The molecule has 12 heteroatoms. The predicted octanol–water partition coefficient (Wildman–Crippen LogP) is -3.72. The number of hydrogen-bond donors (Lipinski definition) is 7. The van der Waals surface area contributed by atoms with Crippen molar-refractivity contribution in [1.82, 2.24) is 10.6 Å². The third-order valence-corrected chi connectivity index (χ3v) is 3.40. The molecule has 0 aromatic rings. The largest absolute Gasteiger partial charge is 0.480 e. The molecule has 0 saturated heterocycles. The number of hydrogen-bond acceptors (Lipinski definition) is 7. The fourth-order valence-electron chi connectivity index (χ4n) is 1.90.